The molecule has 0 saturated heterocycles. The van der Waals surface area contributed by atoms with Gasteiger partial charge in [0.05, 0.1) is 26.4 Å². The maximum atomic E-state index is 10.1. The molecule has 0 bridgehead atoms. The Morgan fingerprint density at radius 3 is 1.48 bits per heavy atom. The number of hydrogen-bond acceptors (Lipinski definition) is 4. The summed E-state index contributed by atoms with van der Waals surface area (Å²) in [6, 6.07) is 29.7. The molecule has 3 atom stereocenters. The minimum Gasteiger partial charge on any atom is -0.394 e. The third-order valence-corrected chi connectivity index (χ3v) is 4.98. The average Bonchev–Trinajstić information content (AvgIpc) is 2.84. The van der Waals surface area contributed by atoms with Gasteiger partial charge in [-0.05, 0) is 16.7 Å². The predicted octanol–water partition coefficient (Wildman–Crippen LogP) is 4.92. The van der Waals surface area contributed by atoms with Crippen LogP contribution in [0, 0.1) is 0 Å². The Bertz CT molecular complexity index is 868. The minimum absolute atomic E-state index is 0.189. The van der Waals surface area contributed by atoms with Gasteiger partial charge in [0.2, 0.25) is 0 Å². The second-order valence-corrected chi connectivity index (χ2v) is 7.28. The lowest BCUT2D eigenvalue weighted by Gasteiger charge is -2.31. The summed E-state index contributed by atoms with van der Waals surface area (Å²) in [6.07, 6.45) is 0.183. The third kappa shape index (κ3) is 7.46. The van der Waals surface area contributed by atoms with Crippen LogP contribution in [0.4, 0.5) is 0 Å². The van der Waals surface area contributed by atoms with E-state index in [0.717, 1.165) is 16.7 Å². The summed E-state index contributed by atoms with van der Waals surface area (Å²) in [5, 5.41) is 10.1. The first-order valence-electron chi connectivity index (χ1n) is 10.5. The molecule has 3 aromatic carbocycles. The zero-order chi connectivity index (χ0) is 21.7. The van der Waals surface area contributed by atoms with E-state index in [1.54, 1.807) is 6.08 Å². The fourth-order valence-corrected chi connectivity index (χ4v) is 3.27. The van der Waals surface area contributed by atoms with Gasteiger partial charge >= 0.3 is 0 Å². The molecule has 4 nitrogen and oxygen atoms in total. The number of ether oxygens (including phenoxy) is 3. The van der Waals surface area contributed by atoms with E-state index in [4.69, 9.17) is 14.2 Å². The molecule has 4 heteroatoms. The van der Waals surface area contributed by atoms with Crippen molar-refractivity contribution in [2.45, 2.75) is 38.1 Å². The molecule has 0 aliphatic carbocycles. The van der Waals surface area contributed by atoms with E-state index in [2.05, 4.69) is 6.58 Å². The van der Waals surface area contributed by atoms with Crippen molar-refractivity contribution in [3.63, 3.8) is 0 Å². The number of rotatable bonds is 13. The van der Waals surface area contributed by atoms with Crippen LogP contribution in [-0.2, 0) is 34.0 Å². The number of aliphatic hydroxyl groups is 1. The van der Waals surface area contributed by atoms with Crippen LogP contribution in [0.15, 0.2) is 104 Å². The summed E-state index contributed by atoms with van der Waals surface area (Å²) in [4.78, 5) is 0. The molecule has 1 N–H and O–H groups in total. The van der Waals surface area contributed by atoms with Gasteiger partial charge in [0.15, 0.2) is 0 Å². The SMILES string of the molecule is C=C[C@H](OCc1ccccc1)[C@H](OCc1ccccc1)[C@H](CO)OCc1ccccc1. The van der Waals surface area contributed by atoms with E-state index < -0.39 is 18.3 Å². The molecule has 0 radical (unpaired) electrons. The van der Waals surface area contributed by atoms with E-state index in [1.807, 2.05) is 91.0 Å². The van der Waals surface area contributed by atoms with Crippen molar-refractivity contribution in [3.05, 3.63) is 120 Å². The molecule has 162 valence electrons. The van der Waals surface area contributed by atoms with Crippen LogP contribution in [0.1, 0.15) is 16.7 Å². The van der Waals surface area contributed by atoms with Gasteiger partial charge < -0.3 is 19.3 Å². The normalized spacial score (nSPS) is 14.0. The average molecular weight is 419 g/mol. The summed E-state index contributed by atoms with van der Waals surface area (Å²) in [5.41, 5.74) is 3.13. The standard InChI is InChI=1S/C27H30O4/c1-2-25(29-19-22-12-6-3-7-13-22)27(31-21-24-16-10-5-11-17-24)26(18-28)30-20-23-14-8-4-9-15-23/h2-17,25-28H,1,18-21H2/t25-,26-,27-/m0/s1. The van der Waals surface area contributed by atoms with Crippen LogP contribution in [0.5, 0.6) is 0 Å². The van der Waals surface area contributed by atoms with Gasteiger partial charge in [-0.15, -0.1) is 6.58 Å². The minimum atomic E-state index is -0.567. The first kappa shape index (κ1) is 22.9. The Balaban J connectivity index is 1.71. The van der Waals surface area contributed by atoms with Crippen LogP contribution in [0.2, 0.25) is 0 Å². The summed E-state index contributed by atoms with van der Waals surface area (Å²) < 4.78 is 18.4. The Hall–Kier alpha value is -2.76. The second-order valence-electron chi connectivity index (χ2n) is 7.28. The van der Waals surface area contributed by atoms with Crippen molar-refractivity contribution in [2.24, 2.45) is 0 Å². The molecule has 0 aliphatic heterocycles. The highest BCUT2D eigenvalue weighted by Gasteiger charge is 2.30. The van der Waals surface area contributed by atoms with Crippen molar-refractivity contribution < 1.29 is 19.3 Å². The lowest BCUT2D eigenvalue weighted by Crippen LogP contribution is -2.43. The van der Waals surface area contributed by atoms with Crippen LogP contribution in [0.3, 0.4) is 0 Å². The first-order chi connectivity index (χ1) is 15.3. The molecule has 3 rings (SSSR count). The highest BCUT2D eigenvalue weighted by Crippen LogP contribution is 2.19. The molecule has 0 spiro atoms. The van der Waals surface area contributed by atoms with Gasteiger partial charge in [0.25, 0.3) is 0 Å². The van der Waals surface area contributed by atoms with Crippen LogP contribution < -0.4 is 0 Å². The number of benzene rings is 3. The van der Waals surface area contributed by atoms with E-state index >= 15 is 0 Å². The zero-order valence-corrected chi connectivity index (χ0v) is 17.7. The Kier molecular flexibility index (Phi) is 9.48. The molecule has 0 heterocycles. The summed E-state index contributed by atoms with van der Waals surface area (Å²) in [6.45, 7) is 4.93. The number of hydrogen-bond donors (Lipinski definition) is 1. The van der Waals surface area contributed by atoms with Gasteiger partial charge in [0, 0.05) is 0 Å². The van der Waals surface area contributed by atoms with Gasteiger partial charge in [-0.2, -0.15) is 0 Å². The van der Waals surface area contributed by atoms with Crippen molar-refractivity contribution in [1.82, 2.24) is 0 Å². The topological polar surface area (TPSA) is 47.9 Å². The quantitative estimate of drug-likeness (QED) is 0.400. The van der Waals surface area contributed by atoms with E-state index in [0.29, 0.717) is 19.8 Å². The molecule has 0 aromatic heterocycles. The van der Waals surface area contributed by atoms with E-state index in [9.17, 15) is 5.11 Å². The molecular formula is C27H30O4. The van der Waals surface area contributed by atoms with Crippen LogP contribution in [0.25, 0.3) is 0 Å². The van der Waals surface area contributed by atoms with Crippen LogP contribution in [-0.4, -0.2) is 30.0 Å². The van der Waals surface area contributed by atoms with Gasteiger partial charge in [-0.25, -0.2) is 0 Å². The molecule has 0 fully saturated rings. The van der Waals surface area contributed by atoms with Crippen molar-refractivity contribution in [3.8, 4) is 0 Å². The Morgan fingerprint density at radius 1 is 0.645 bits per heavy atom. The van der Waals surface area contributed by atoms with Gasteiger partial charge in [-0.1, -0.05) is 97.1 Å². The van der Waals surface area contributed by atoms with Crippen LogP contribution >= 0.6 is 0 Å². The largest absolute Gasteiger partial charge is 0.394 e. The maximum Gasteiger partial charge on any atom is 0.116 e. The lowest BCUT2D eigenvalue weighted by molar-refractivity contribution is -0.149. The van der Waals surface area contributed by atoms with E-state index in [1.165, 1.54) is 0 Å². The van der Waals surface area contributed by atoms with Gasteiger partial charge in [0.1, 0.15) is 18.3 Å². The van der Waals surface area contributed by atoms with Gasteiger partial charge in [-0.3, -0.25) is 0 Å². The monoisotopic (exact) mass is 418 g/mol. The molecule has 0 aliphatic rings. The molecule has 0 unspecified atom stereocenters. The molecular weight excluding hydrogens is 388 g/mol. The van der Waals surface area contributed by atoms with Crippen molar-refractivity contribution in [2.75, 3.05) is 6.61 Å². The third-order valence-electron chi connectivity index (χ3n) is 4.98. The smallest absolute Gasteiger partial charge is 0.116 e. The first-order valence-corrected chi connectivity index (χ1v) is 10.5. The maximum absolute atomic E-state index is 10.1. The molecule has 0 amide bonds. The Labute approximate surface area is 184 Å². The molecule has 0 saturated carbocycles. The van der Waals surface area contributed by atoms with E-state index in [-0.39, 0.29) is 6.61 Å². The fraction of sp³-hybridized carbons (Fsp3) is 0.259. The second kappa shape index (κ2) is 12.8. The highest BCUT2D eigenvalue weighted by molar-refractivity contribution is 5.15. The molecule has 31 heavy (non-hydrogen) atoms. The molecule has 3 aromatic rings. The fourth-order valence-electron chi connectivity index (χ4n) is 3.27. The summed E-state index contributed by atoms with van der Waals surface area (Å²) in [5.74, 6) is 0. The zero-order valence-electron chi connectivity index (χ0n) is 17.7. The predicted molar refractivity (Wildman–Crippen MR) is 122 cm³/mol. The van der Waals surface area contributed by atoms with Crippen molar-refractivity contribution in [1.29, 1.82) is 0 Å². The lowest BCUT2D eigenvalue weighted by atomic mass is 10.1. The Morgan fingerprint density at radius 2 is 1.06 bits per heavy atom. The van der Waals surface area contributed by atoms with Crippen molar-refractivity contribution >= 4 is 0 Å². The summed E-state index contributed by atoms with van der Waals surface area (Å²) >= 11 is 0. The number of aliphatic hydroxyl groups excluding tert-OH is 1. The summed E-state index contributed by atoms with van der Waals surface area (Å²) in [7, 11) is 0. The highest BCUT2D eigenvalue weighted by atomic mass is 16.6.